The number of hydrogen-bond donors (Lipinski definition) is 0. The summed E-state index contributed by atoms with van der Waals surface area (Å²) >= 11 is 0. The van der Waals surface area contributed by atoms with E-state index in [4.69, 9.17) is 15.9 Å². The van der Waals surface area contributed by atoms with Crippen molar-refractivity contribution >= 4 is 29.6 Å². The van der Waals surface area contributed by atoms with Gasteiger partial charge in [0.05, 0.1) is 17.1 Å². The van der Waals surface area contributed by atoms with Crippen LogP contribution in [0, 0.1) is 11.3 Å². The Morgan fingerprint density at radius 2 is 1.94 bits per heavy atom. The van der Waals surface area contributed by atoms with Crippen LogP contribution in [0.3, 0.4) is 0 Å². The van der Waals surface area contributed by atoms with Crippen molar-refractivity contribution in [2.45, 2.75) is 5.03 Å². The molecule has 0 amide bonds. The molecular formula is C8H7ClN2O4S2. The second-order valence-corrected chi connectivity index (χ2v) is 7.95. The maximum absolute atomic E-state index is 11.7. The van der Waals surface area contributed by atoms with Gasteiger partial charge in [-0.1, -0.05) is 0 Å². The number of nitriles is 1. The third kappa shape index (κ3) is 3.96. The van der Waals surface area contributed by atoms with Crippen molar-refractivity contribution in [1.82, 2.24) is 4.98 Å². The van der Waals surface area contributed by atoms with E-state index in [1.54, 1.807) is 6.07 Å². The molecule has 0 fully saturated rings. The van der Waals surface area contributed by atoms with Crippen LogP contribution in [0.4, 0.5) is 0 Å². The van der Waals surface area contributed by atoms with Gasteiger partial charge in [0, 0.05) is 16.9 Å². The van der Waals surface area contributed by atoms with Gasteiger partial charge in [-0.05, 0) is 12.1 Å². The predicted molar refractivity (Wildman–Crippen MR) is 60.6 cm³/mol. The average molecular weight is 295 g/mol. The van der Waals surface area contributed by atoms with Crippen molar-refractivity contribution in [3.8, 4) is 6.07 Å². The average Bonchev–Trinajstić information content (AvgIpc) is 2.26. The highest BCUT2D eigenvalue weighted by atomic mass is 35.7. The molecule has 0 atom stereocenters. The molecule has 0 aromatic carbocycles. The minimum absolute atomic E-state index is 0.125. The van der Waals surface area contributed by atoms with Crippen LogP contribution in [0.25, 0.3) is 0 Å². The van der Waals surface area contributed by atoms with E-state index >= 15 is 0 Å². The van der Waals surface area contributed by atoms with Crippen LogP contribution in [0.1, 0.15) is 5.56 Å². The van der Waals surface area contributed by atoms with Crippen LogP contribution < -0.4 is 0 Å². The third-order valence-corrected chi connectivity index (χ3v) is 4.85. The number of nitrogens with zero attached hydrogens (tertiary/aromatic N) is 2. The Balaban J connectivity index is 3.11. The molecule has 0 spiro atoms. The van der Waals surface area contributed by atoms with Crippen molar-refractivity contribution < 1.29 is 16.8 Å². The number of rotatable bonds is 4. The van der Waals surface area contributed by atoms with Crippen LogP contribution >= 0.6 is 10.7 Å². The molecule has 0 aliphatic rings. The lowest BCUT2D eigenvalue weighted by Gasteiger charge is -2.03. The maximum atomic E-state index is 11.7. The Kier molecular flexibility index (Phi) is 4.08. The van der Waals surface area contributed by atoms with E-state index < -0.39 is 35.4 Å². The molecule has 1 aromatic heterocycles. The van der Waals surface area contributed by atoms with E-state index in [0.717, 1.165) is 0 Å². The summed E-state index contributed by atoms with van der Waals surface area (Å²) in [6.07, 6.45) is 1.21. The minimum atomic E-state index is -3.93. The molecule has 0 radical (unpaired) electrons. The van der Waals surface area contributed by atoms with E-state index in [1.807, 2.05) is 0 Å². The van der Waals surface area contributed by atoms with Gasteiger partial charge < -0.3 is 0 Å². The van der Waals surface area contributed by atoms with Crippen molar-refractivity contribution in [1.29, 1.82) is 5.26 Å². The van der Waals surface area contributed by atoms with Crippen molar-refractivity contribution in [3.63, 3.8) is 0 Å². The van der Waals surface area contributed by atoms with Crippen molar-refractivity contribution in [2.24, 2.45) is 0 Å². The molecule has 0 N–H and O–H groups in total. The van der Waals surface area contributed by atoms with E-state index in [0.29, 0.717) is 0 Å². The zero-order chi connectivity index (χ0) is 13.1. The summed E-state index contributed by atoms with van der Waals surface area (Å²) in [5, 5.41) is 8.28. The van der Waals surface area contributed by atoms with Crippen molar-refractivity contribution in [3.05, 3.63) is 23.9 Å². The fourth-order valence-electron chi connectivity index (χ4n) is 1.03. The highest BCUT2D eigenvalue weighted by Gasteiger charge is 2.22. The summed E-state index contributed by atoms with van der Waals surface area (Å²) in [6.45, 7) is 0. The van der Waals surface area contributed by atoms with E-state index in [2.05, 4.69) is 4.98 Å². The molecule has 0 saturated heterocycles. The van der Waals surface area contributed by atoms with Crippen LogP contribution in [-0.4, -0.2) is 33.3 Å². The van der Waals surface area contributed by atoms with Gasteiger partial charge in [-0.3, -0.25) is 0 Å². The number of aromatic nitrogens is 1. The van der Waals surface area contributed by atoms with Gasteiger partial charge in [0.2, 0.25) is 9.05 Å². The smallest absolute Gasteiger partial charge is 0.233 e. The van der Waals surface area contributed by atoms with Gasteiger partial charge >= 0.3 is 0 Å². The zero-order valence-electron chi connectivity index (χ0n) is 8.37. The molecule has 6 nitrogen and oxygen atoms in total. The fourth-order valence-corrected chi connectivity index (χ4v) is 4.13. The second-order valence-electron chi connectivity index (χ2n) is 3.03. The van der Waals surface area contributed by atoms with Gasteiger partial charge in [0.25, 0.3) is 0 Å². The highest BCUT2D eigenvalue weighted by molar-refractivity contribution is 8.14. The Morgan fingerprint density at radius 1 is 1.29 bits per heavy atom. The van der Waals surface area contributed by atoms with Gasteiger partial charge in [-0.2, -0.15) is 5.26 Å². The highest BCUT2D eigenvalue weighted by Crippen LogP contribution is 2.14. The van der Waals surface area contributed by atoms with Crippen LogP contribution in [-0.2, 0) is 18.9 Å². The lowest BCUT2D eigenvalue weighted by Crippen LogP contribution is -2.16. The Morgan fingerprint density at radius 3 is 2.47 bits per heavy atom. The van der Waals surface area contributed by atoms with E-state index in [9.17, 15) is 16.8 Å². The maximum Gasteiger partial charge on any atom is 0.233 e. The summed E-state index contributed by atoms with van der Waals surface area (Å²) in [5.41, 5.74) is -0.125. The van der Waals surface area contributed by atoms with Crippen molar-refractivity contribution in [2.75, 3.05) is 11.5 Å². The first-order valence-electron chi connectivity index (χ1n) is 4.26. The molecule has 0 unspecified atom stereocenters. The SMILES string of the molecule is N#Cc1cccnc1S(=O)(=O)CCS(=O)(=O)Cl. The number of halogens is 1. The van der Waals surface area contributed by atoms with Crippen LogP contribution in [0.5, 0.6) is 0 Å². The molecule has 1 aromatic rings. The summed E-state index contributed by atoms with van der Waals surface area (Å²) < 4.78 is 44.8. The van der Waals surface area contributed by atoms with Gasteiger partial charge in [-0.15, -0.1) is 0 Å². The predicted octanol–water partition coefficient (Wildman–Crippen LogP) is 0.296. The third-order valence-electron chi connectivity index (χ3n) is 1.78. The zero-order valence-corrected chi connectivity index (χ0v) is 10.8. The van der Waals surface area contributed by atoms with Gasteiger partial charge in [-0.25, -0.2) is 21.8 Å². The first-order chi connectivity index (χ1) is 7.76. The summed E-state index contributed by atoms with van der Waals surface area (Å²) in [7, 11) is -2.91. The molecular weight excluding hydrogens is 288 g/mol. The monoisotopic (exact) mass is 294 g/mol. The van der Waals surface area contributed by atoms with Crippen LogP contribution in [0.2, 0.25) is 0 Å². The molecule has 1 heterocycles. The Hall–Kier alpha value is -1.17. The normalized spacial score (nSPS) is 12.0. The first-order valence-corrected chi connectivity index (χ1v) is 8.39. The number of hydrogen-bond acceptors (Lipinski definition) is 6. The largest absolute Gasteiger partial charge is 0.243 e. The van der Waals surface area contributed by atoms with Gasteiger partial charge in [0.1, 0.15) is 6.07 Å². The Bertz CT molecular complexity index is 661. The fraction of sp³-hybridized carbons (Fsp3) is 0.250. The molecule has 0 aliphatic carbocycles. The standard InChI is InChI=1S/C8H7ClN2O4S2/c9-17(14,15)5-4-16(12,13)8-7(6-10)2-1-3-11-8/h1-3H,4-5H2. The topological polar surface area (TPSA) is 105 Å². The number of pyridine rings is 1. The molecule has 17 heavy (non-hydrogen) atoms. The molecule has 0 bridgehead atoms. The second kappa shape index (κ2) is 5.00. The minimum Gasteiger partial charge on any atom is -0.243 e. The van der Waals surface area contributed by atoms with Gasteiger partial charge in [0.15, 0.2) is 14.9 Å². The quantitative estimate of drug-likeness (QED) is 0.739. The molecule has 1 rings (SSSR count). The van der Waals surface area contributed by atoms with E-state index in [-0.39, 0.29) is 5.56 Å². The van der Waals surface area contributed by atoms with Crippen LogP contribution in [0.15, 0.2) is 23.4 Å². The summed E-state index contributed by atoms with van der Waals surface area (Å²) in [4.78, 5) is 3.57. The molecule has 9 heteroatoms. The summed E-state index contributed by atoms with van der Waals surface area (Å²) in [5.74, 6) is -1.43. The lowest BCUT2D eigenvalue weighted by molar-refractivity contribution is 0.589. The molecule has 92 valence electrons. The molecule has 0 aliphatic heterocycles. The first kappa shape index (κ1) is 13.9. The van der Waals surface area contributed by atoms with E-state index in [1.165, 1.54) is 18.3 Å². The number of sulfone groups is 1. The summed E-state index contributed by atoms with van der Waals surface area (Å²) in [6, 6.07) is 4.37. The lowest BCUT2D eigenvalue weighted by atomic mass is 10.3. The Labute approximate surface area is 103 Å². The molecule has 0 saturated carbocycles.